The van der Waals surface area contributed by atoms with Crippen LogP contribution in [0.25, 0.3) is 0 Å². The molecule has 0 spiro atoms. The molecule has 22 heavy (non-hydrogen) atoms. The molecule has 0 fully saturated rings. The highest BCUT2D eigenvalue weighted by atomic mass is 32.2. The number of carbonyl (C=O) groups excluding carboxylic acids is 1. The van der Waals surface area contributed by atoms with Crippen LogP contribution in [0.1, 0.15) is 30.0 Å². The Morgan fingerprint density at radius 2 is 2.05 bits per heavy atom. The number of amides is 1. The lowest BCUT2D eigenvalue weighted by Gasteiger charge is -2.08. The fourth-order valence-corrected chi connectivity index (χ4v) is 2.73. The molecule has 8 heteroatoms. The van der Waals surface area contributed by atoms with E-state index in [1.54, 1.807) is 6.07 Å². The number of aromatic nitrogens is 2. The molecule has 0 saturated carbocycles. The molecule has 1 aromatic carbocycles. The molecule has 0 aliphatic carbocycles. The van der Waals surface area contributed by atoms with Gasteiger partial charge in [-0.15, -0.1) is 0 Å². The van der Waals surface area contributed by atoms with Crippen molar-refractivity contribution in [3.8, 4) is 5.75 Å². The largest absolute Gasteiger partial charge is 0.506 e. The van der Waals surface area contributed by atoms with Crippen molar-refractivity contribution in [2.45, 2.75) is 25.2 Å². The maximum absolute atomic E-state index is 12.1. The van der Waals surface area contributed by atoms with Crippen molar-refractivity contribution >= 4 is 21.4 Å². The fourth-order valence-electron chi connectivity index (χ4n) is 1.82. The molecule has 0 unspecified atom stereocenters. The molecule has 1 heterocycles. The number of aromatic amines is 1. The van der Waals surface area contributed by atoms with E-state index in [9.17, 15) is 18.3 Å². The summed E-state index contributed by atoms with van der Waals surface area (Å²) in [5.74, 6) is -0.809. The van der Waals surface area contributed by atoms with Gasteiger partial charge in [0.05, 0.1) is 16.3 Å². The number of aryl methyl sites for hydroxylation is 1. The first-order valence-corrected chi connectivity index (χ1v) is 8.44. The number of carbonyl (C=O) groups is 1. The lowest BCUT2D eigenvalue weighted by Crippen LogP contribution is -2.13. The van der Waals surface area contributed by atoms with E-state index in [0.29, 0.717) is 6.42 Å². The van der Waals surface area contributed by atoms with Gasteiger partial charge in [-0.3, -0.25) is 9.89 Å². The van der Waals surface area contributed by atoms with Crippen LogP contribution in [0.3, 0.4) is 0 Å². The zero-order valence-electron chi connectivity index (χ0n) is 12.3. The van der Waals surface area contributed by atoms with Crippen molar-refractivity contribution in [1.82, 2.24) is 10.2 Å². The monoisotopic (exact) mass is 323 g/mol. The van der Waals surface area contributed by atoms with Crippen molar-refractivity contribution in [2.75, 3.05) is 11.1 Å². The molecule has 118 valence electrons. The lowest BCUT2D eigenvalue weighted by molar-refractivity contribution is 0.102. The fraction of sp³-hybridized carbons (Fsp3) is 0.286. The van der Waals surface area contributed by atoms with Gasteiger partial charge in [0, 0.05) is 5.69 Å². The number of phenolic OH excluding ortho intramolecular Hbond substituents is 1. The number of nitrogens with zero attached hydrogens (tertiary/aromatic N) is 1. The highest BCUT2D eigenvalue weighted by Crippen LogP contribution is 2.27. The van der Waals surface area contributed by atoms with E-state index in [-0.39, 0.29) is 27.8 Å². The third-order valence-electron chi connectivity index (χ3n) is 3.20. The van der Waals surface area contributed by atoms with Gasteiger partial charge in [0.15, 0.2) is 15.5 Å². The van der Waals surface area contributed by atoms with Crippen LogP contribution in [0.4, 0.5) is 5.69 Å². The summed E-state index contributed by atoms with van der Waals surface area (Å²) >= 11 is 0. The molecule has 2 aromatic rings. The minimum absolute atomic E-state index is 0.0283. The molecule has 1 amide bonds. The standard InChI is InChI=1S/C14H17N3O4S/c1-3-9-7-12(17-16-9)14(19)15-11-8-10(5-6-13(11)18)22(20,21)4-2/h5-8,18H,3-4H2,1-2H3,(H,15,19)(H,16,17). The topological polar surface area (TPSA) is 112 Å². The van der Waals surface area contributed by atoms with Crippen molar-refractivity contribution in [2.24, 2.45) is 0 Å². The molecule has 0 aliphatic rings. The number of anilines is 1. The van der Waals surface area contributed by atoms with Gasteiger partial charge in [-0.1, -0.05) is 13.8 Å². The van der Waals surface area contributed by atoms with E-state index < -0.39 is 15.7 Å². The Hall–Kier alpha value is -2.35. The smallest absolute Gasteiger partial charge is 0.276 e. The zero-order chi connectivity index (χ0) is 16.3. The Kier molecular flexibility index (Phi) is 4.51. The van der Waals surface area contributed by atoms with Crippen LogP contribution in [0.15, 0.2) is 29.2 Å². The van der Waals surface area contributed by atoms with E-state index in [4.69, 9.17) is 0 Å². The number of hydrogen-bond acceptors (Lipinski definition) is 5. The van der Waals surface area contributed by atoms with E-state index in [1.165, 1.54) is 25.1 Å². The van der Waals surface area contributed by atoms with E-state index in [0.717, 1.165) is 5.69 Å². The second-order valence-corrected chi connectivity index (χ2v) is 6.95. The Morgan fingerprint density at radius 3 is 2.64 bits per heavy atom. The normalized spacial score (nSPS) is 11.4. The quantitative estimate of drug-likeness (QED) is 0.725. The number of benzene rings is 1. The minimum Gasteiger partial charge on any atom is -0.506 e. The average Bonchev–Trinajstić information content (AvgIpc) is 2.98. The SMILES string of the molecule is CCc1cc(C(=O)Nc2cc(S(=O)(=O)CC)ccc2O)n[nH]1. The van der Waals surface area contributed by atoms with Gasteiger partial charge in [-0.05, 0) is 30.7 Å². The van der Waals surface area contributed by atoms with Gasteiger partial charge in [0.2, 0.25) is 0 Å². The first kappa shape index (κ1) is 16.0. The molecule has 0 saturated heterocycles. The van der Waals surface area contributed by atoms with Gasteiger partial charge in [0.1, 0.15) is 5.75 Å². The van der Waals surface area contributed by atoms with E-state index in [2.05, 4.69) is 15.5 Å². The Labute approximate surface area is 128 Å². The van der Waals surface area contributed by atoms with Crippen LogP contribution in [0.5, 0.6) is 5.75 Å². The molecule has 3 N–H and O–H groups in total. The van der Waals surface area contributed by atoms with Crippen molar-refractivity contribution in [3.05, 3.63) is 35.7 Å². The lowest BCUT2D eigenvalue weighted by atomic mass is 10.2. The minimum atomic E-state index is -3.42. The summed E-state index contributed by atoms with van der Waals surface area (Å²) in [4.78, 5) is 12.1. The molecular formula is C14H17N3O4S. The predicted molar refractivity (Wildman–Crippen MR) is 81.8 cm³/mol. The Balaban J connectivity index is 2.29. The molecule has 0 bridgehead atoms. The molecule has 1 aromatic heterocycles. The summed E-state index contributed by atoms with van der Waals surface area (Å²) in [7, 11) is -3.42. The van der Waals surface area contributed by atoms with Gasteiger partial charge in [0.25, 0.3) is 5.91 Å². The number of rotatable bonds is 5. The predicted octanol–water partition coefficient (Wildman–Crippen LogP) is 1.72. The van der Waals surface area contributed by atoms with Gasteiger partial charge in [-0.25, -0.2) is 8.42 Å². The first-order valence-electron chi connectivity index (χ1n) is 6.78. The van der Waals surface area contributed by atoms with E-state index >= 15 is 0 Å². The van der Waals surface area contributed by atoms with Crippen LogP contribution in [0.2, 0.25) is 0 Å². The van der Waals surface area contributed by atoms with Crippen LogP contribution in [-0.4, -0.2) is 35.4 Å². The average molecular weight is 323 g/mol. The zero-order valence-corrected chi connectivity index (χ0v) is 13.1. The third-order valence-corrected chi connectivity index (χ3v) is 4.93. The Bertz CT molecular complexity index is 796. The summed E-state index contributed by atoms with van der Waals surface area (Å²) in [6, 6.07) is 5.37. The van der Waals surface area contributed by atoms with Crippen molar-refractivity contribution in [3.63, 3.8) is 0 Å². The van der Waals surface area contributed by atoms with Crippen LogP contribution in [-0.2, 0) is 16.3 Å². The number of H-pyrrole nitrogens is 1. The summed E-state index contributed by atoms with van der Waals surface area (Å²) < 4.78 is 23.7. The highest BCUT2D eigenvalue weighted by Gasteiger charge is 2.17. The summed E-state index contributed by atoms with van der Waals surface area (Å²) in [6.45, 7) is 3.44. The Morgan fingerprint density at radius 1 is 1.32 bits per heavy atom. The molecule has 0 atom stereocenters. The number of nitrogens with one attached hydrogen (secondary N) is 2. The molecule has 7 nitrogen and oxygen atoms in total. The van der Waals surface area contributed by atoms with Crippen molar-refractivity contribution < 1.29 is 18.3 Å². The molecule has 2 rings (SSSR count). The van der Waals surface area contributed by atoms with Gasteiger partial charge in [-0.2, -0.15) is 5.10 Å². The number of phenols is 1. The second-order valence-electron chi connectivity index (χ2n) is 4.67. The molecule has 0 radical (unpaired) electrons. The van der Waals surface area contributed by atoms with Crippen LogP contribution >= 0.6 is 0 Å². The molecular weight excluding hydrogens is 306 g/mol. The summed E-state index contributed by atoms with van der Waals surface area (Å²) in [5.41, 5.74) is 0.997. The first-order chi connectivity index (χ1) is 10.4. The van der Waals surface area contributed by atoms with E-state index in [1.807, 2.05) is 6.92 Å². The maximum Gasteiger partial charge on any atom is 0.276 e. The summed E-state index contributed by atoms with van der Waals surface area (Å²) in [5, 5.41) is 18.8. The highest BCUT2D eigenvalue weighted by molar-refractivity contribution is 7.91. The summed E-state index contributed by atoms with van der Waals surface area (Å²) in [6.07, 6.45) is 0.704. The maximum atomic E-state index is 12.1. The second kappa shape index (κ2) is 6.18. The van der Waals surface area contributed by atoms with Gasteiger partial charge < -0.3 is 10.4 Å². The van der Waals surface area contributed by atoms with Crippen LogP contribution < -0.4 is 5.32 Å². The van der Waals surface area contributed by atoms with Gasteiger partial charge >= 0.3 is 0 Å². The third kappa shape index (κ3) is 3.28. The number of hydrogen-bond donors (Lipinski definition) is 3. The molecule has 0 aliphatic heterocycles. The van der Waals surface area contributed by atoms with Crippen LogP contribution in [0, 0.1) is 0 Å². The number of aromatic hydroxyl groups is 1. The van der Waals surface area contributed by atoms with Crippen molar-refractivity contribution in [1.29, 1.82) is 0 Å². The number of sulfone groups is 1.